The predicted octanol–water partition coefficient (Wildman–Crippen LogP) is -0.447. The summed E-state index contributed by atoms with van der Waals surface area (Å²) in [6.45, 7) is 2.60. The molecule has 2 rings (SSSR count). The minimum Gasteiger partial charge on any atom is -0.398 e. The molecule has 19 heavy (non-hydrogen) atoms. The van der Waals surface area contributed by atoms with Crippen LogP contribution < -0.4 is 11.1 Å². The molecule has 1 aliphatic rings. The van der Waals surface area contributed by atoms with Gasteiger partial charge in [-0.25, -0.2) is 0 Å². The van der Waals surface area contributed by atoms with Crippen molar-refractivity contribution in [2.24, 2.45) is 0 Å². The third-order valence-electron chi connectivity index (χ3n) is 3.35. The minimum absolute atomic E-state index is 0.141. The van der Waals surface area contributed by atoms with Crippen molar-refractivity contribution in [2.75, 3.05) is 30.7 Å². The van der Waals surface area contributed by atoms with Crippen LogP contribution in [0.2, 0.25) is 0 Å². The lowest BCUT2D eigenvalue weighted by molar-refractivity contribution is -0.117. The van der Waals surface area contributed by atoms with Crippen LogP contribution in [0.3, 0.4) is 0 Å². The topological polar surface area (TPSA) is 98.8 Å². The van der Waals surface area contributed by atoms with Crippen molar-refractivity contribution in [3.05, 3.63) is 23.8 Å². The molecule has 1 saturated heterocycles. The summed E-state index contributed by atoms with van der Waals surface area (Å²) in [5.41, 5.74) is 7.91. The molecule has 1 fully saturated rings. The van der Waals surface area contributed by atoms with Crippen molar-refractivity contribution < 1.29 is 15.0 Å². The molecular weight excluding hydrogens is 246 g/mol. The minimum atomic E-state index is -0.776. The van der Waals surface area contributed by atoms with Gasteiger partial charge in [0.05, 0.1) is 18.8 Å². The summed E-state index contributed by atoms with van der Waals surface area (Å²) in [5, 5.41) is 21.6. The summed E-state index contributed by atoms with van der Waals surface area (Å²) in [6.07, 6.45) is -1.55. The van der Waals surface area contributed by atoms with E-state index in [-0.39, 0.29) is 12.5 Å². The highest BCUT2D eigenvalue weighted by Crippen LogP contribution is 2.20. The Morgan fingerprint density at radius 2 is 2.05 bits per heavy atom. The number of likely N-dealkylation sites (tertiary alicyclic amines) is 1. The molecule has 0 radical (unpaired) electrons. The predicted molar refractivity (Wildman–Crippen MR) is 72.7 cm³/mol. The van der Waals surface area contributed by atoms with E-state index >= 15 is 0 Å². The average Bonchev–Trinajstić information content (AvgIpc) is 2.64. The second-order valence-electron chi connectivity index (χ2n) is 4.90. The molecule has 6 heteroatoms. The Kier molecular flexibility index (Phi) is 4.04. The number of nitrogens with zero attached hydrogens (tertiary/aromatic N) is 1. The molecule has 1 aromatic rings. The number of aliphatic hydroxyl groups excluding tert-OH is 2. The Labute approximate surface area is 111 Å². The van der Waals surface area contributed by atoms with Crippen LogP contribution in [0.25, 0.3) is 0 Å². The Bertz CT molecular complexity index is 468. The lowest BCUT2D eigenvalue weighted by Crippen LogP contribution is -2.32. The molecular formula is C13H19N3O3. The largest absolute Gasteiger partial charge is 0.398 e. The van der Waals surface area contributed by atoms with E-state index in [1.54, 1.807) is 23.1 Å². The number of carbonyl (C=O) groups is 1. The first-order valence-electron chi connectivity index (χ1n) is 6.21. The van der Waals surface area contributed by atoms with Gasteiger partial charge in [-0.3, -0.25) is 9.69 Å². The number of β-amino-alcohol motifs (C(OH)–C–C–N with tert-alkyl or cyclic N) is 2. The van der Waals surface area contributed by atoms with E-state index in [2.05, 4.69) is 5.32 Å². The summed E-state index contributed by atoms with van der Waals surface area (Å²) < 4.78 is 0. The maximum absolute atomic E-state index is 11.9. The lowest BCUT2D eigenvalue weighted by atomic mass is 10.1. The number of nitrogens with one attached hydrogen (secondary N) is 1. The van der Waals surface area contributed by atoms with Crippen molar-refractivity contribution in [3.8, 4) is 0 Å². The standard InChI is InChI=1S/C13H19N3O3/c1-8-9(14)3-2-4-10(8)15-13(19)7-16-5-11(17)12(18)6-16/h2-4,11-12,17-18H,5-7,14H2,1H3,(H,15,19). The molecule has 1 aliphatic heterocycles. The SMILES string of the molecule is Cc1c(N)cccc1NC(=O)CN1CC(O)C(O)C1. The van der Waals surface area contributed by atoms with Crippen molar-refractivity contribution >= 4 is 17.3 Å². The fourth-order valence-electron chi connectivity index (χ4n) is 2.16. The molecule has 1 amide bonds. The van der Waals surface area contributed by atoms with Gasteiger partial charge in [-0.1, -0.05) is 6.07 Å². The van der Waals surface area contributed by atoms with Crippen LogP contribution in [-0.4, -0.2) is 52.9 Å². The Balaban J connectivity index is 1.93. The molecule has 6 nitrogen and oxygen atoms in total. The van der Waals surface area contributed by atoms with Gasteiger partial charge in [0.2, 0.25) is 5.91 Å². The number of hydrogen-bond acceptors (Lipinski definition) is 5. The van der Waals surface area contributed by atoms with E-state index in [9.17, 15) is 15.0 Å². The number of anilines is 2. The molecule has 1 aromatic carbocycles. The van der Waals surface area contributed by atoms with Crippen LogP contribution in [0.15, 0.2) is 18.2 Å². The van der Waals surface area contributed by atoms with Crippen LogP contribution in [0.5, 0.6) is 0 Å². The van der Waals surface area contributed by atoms with Gasteiger partial charge in [-0.05, 0) is 24.6 Å². The van der Waals surface area contributed by atoms with Crippen LogP contribution in [0.4, 0.5) is 11.4 Å². The van der Waals surface area contributed by atoms with Gasteiger partial charge in [-0.2, -0.15) is 0 Å². The van der Waals surface area contributed by atoms with Crippen LogP contribution in [-0.2, 0) is 4.79 Å². The number of carbonyl (C=O) groups excluding carboxylic acids is 1. The molecule has 0 spiro atoms. The summed E-state index contributed by atoms with van der Waals surface area (Å²) in [4.78, 5) is 13.6. The van der Waals surface area contributed by atoms with E-state index in [1.165, 1.54) is 0 Å². The zero-order valence-electron chi connectivity index (χ0n) is 10.8. The summed E-state index contributed by atoms with van der Waals surface area (Å²) >= 11 is 0. The first kappa shape index (κ1) is 13.8. The van der Waals surface area contributed by atoms with Crippen LogP contribution in [0, 0.1) is 6.92 Å². The van der Waals surface area contributed by atoms with Gasteiger partial charge in [0, 0.05) is 24.5 Å². The number of nitrogens with two attached hydrogens (primary N) is 1. The molecule has 0 aliphatic carbocycles. The Morgan fingerprint density at radius 3 is 2.68 bits per heavy atom. The third kappa shape index (κ3) is 3.23. The number of aliphatic hydroxyl groups is 2. The monoisotopic (exact) mass is 265 g/mol. The summed E-state index contributed by atoms with van der Waals surface area (Å²) in [7, 11) is 0. The van der Waals surface area contributed by atoms with E-state index in [4.69, 9.17) is 5.73 Å². The highest BCUT2D eigenvalue weighted by Gasteiger charge is 2.30. The normalized spacial score (nSPS) is 23.5. The molecule has 0 bridgehead atoms. The summed E-state index contributed by atoms with van der Waals surface area (Å²) in [5.74, 6) is -0.185. The van der Waals surface area contributed by atoms with Gasteiger partial charge in [-0.15, -0.1) is 0 Å². The highest BCUT2D eigenvalue weighted by molar-refractivity contribution is 5.93. The van der Waals surface area contributed by atoms with Gasteiger partial charge >= 0.3 is 0 Å². The smallest absolute Gasteiger partial charge is 0.238 e. The Morgan fingerprint density at radius 1 is 1.42 bits per heavy atom. The van der Waals surface area contributed by atoms with Crippen LogP contribution in [0.1, 0.15) is 5.56 Å². The summed E-state index contributed by atoms with van der Waals surface area (Å²) in [6, 6.07) is 5.34. The van der Waals surface area contributed by atoms with Crippen molar-refractivity contribution in [1.29, 1.82) is 0 Å². The van der Waals surface area contributed by atoms with Crippen molar-refractivity contribution in [3.63, 3.8) is 0 Å². The molecule has 5 N–H and O–H groups in total. The number of rotatable bonds is 3. The average molecular weight is 265 g/mol. The maximum Gasteiger partial charge on any atom is 0.238 e. The molecule has 0 aromatic heterocycles. The fraction of sp³-hybridized carbons (Fsp3) is 0.462. The van der Waals surface area contributed by atoms with Gasteiger partial charge in [0.1, 0.15) is 0 Å². The van der Waals surface area contributed by atoms with Crippen molar-refractivity contribution in [2.45, 2.75) is 19.1 Å². The van der Waals surface area contributed by atoms with Gasteiger partial charge < -0.3 is 21.3 Å². The Hall–Kier alpha value is -1.63. The third-order valence-corrected chi connectivity index (χ3v) is 3.35. The van der Waals surface area contributed by atoms with E-state index in [0.29, 0.717) is 24.5 Å². The van der Waals surface area contributed by atoms with Gasteiger partial charge in [0.25, 0.3) is 0 Å². The number of amides is 1. The zero-order chi connectivity index (χ0) is 14.0. The zero-order valence-corrected chi connectivity index (χ0v) is 10.8. The molecule has 1 heterocycles. The molecule has 104 valence electrons. The second kappa shape index (κ2) is 5.56. The maximum atomic E-state index is 11.9. The van der Waals surface area contributed by atoms with E-state index < -0.39 is 12.2 Å². The van der Waals surface area contributed by atoms with Crippen molar-refractivity contribution in [1.82, 2.24) is 4.90 Å². The molecule has 0 saturated carbocycles. The fourth-order valence-corrected chi connectivity index (χ4v) is 2.16. The number of benzene rings is 1. The van der Waals surface area contributed by atoms with Gasteiger partial charge in [0.15, 0.2) is 0 Å². The first-order valence-corrected chi connectivity index (χ1v) is 6.21. The highest BCUT2D eigenvalue weighted by atomic mass is 16.3. The van der Waals surface area contributed by atoms with E-state index in [1.807, 2.05) is 6.92 Å². The van der Waals surface area contributed by atoms with Crippen LogP contribution >= 0.6 is 0 Å². The first-order chi connectivity index (χ1) is 8.97. The second-order valence-corrected chi connectivity index (χ2v) is 4.90. The molecule has 2 atom stereocenters. The number of nitrogen functional groups attached to an aromatic ring is 1. The van der Waals surface area contributed by atoms with E-state index in [0.717, 1.165) is 5.56 Å². The lowest BCUT2D eigenvalue weighted by Gasteiger charge is -2.15. The number of hydrogen-bond donors (Lipinski definition) is 4. The quantitative estimate of drug-likeness (QED) is 0.555. The molecule has 2 unspecified atom stereocenters.